The van der Waals surface area contributed by atoms with Crippen molar-refractivity contribution in [2.24, 2.45) is 17.3 Å². The molecule has 0 radical (unpaired) electrons. The highest BCUT2D eigenvalue weighted by atomic mass is 16.2. The molecule has 3 nitrogen and oxygen atoms in total. The van der Waals surface area contributed by atoms with Gasteiger partial charge < -0.3 is 10.2 Å². The quantitative estimate of drug-likeness (QED) is 0.789. The van der Waals surface area contributed by atoms with E-state index in [1.54, 1.807) is 0 Å². The molecule has 3 unspecified atom stereocenters. The number of fused-ring (bicyclic) bond motifs is 1. The molecule has 108 valence electrons. The van der Waals surface area contributed by atoms with E-state index in [2.05, 4.69) is 24.1 Å². The van der Waals surface area contributed by atoms with Gasteiger partial charge in [-0.25, -0.2) is 0 Å². The van der Waals surface area contributed by atoms with Gasteiger partial charge >= 0.3 is 0 Å². The minimum absolute atomic E-state index is 0.205. The Kier molecular flexibility index (Phi) is 3.59. The highest BCUT2D eigenvalue weighted by Gasteiger charge is 2.43. The summed E-state index contributed by atoms with van der Waals surface area (Å²) in [6.45, 7) is 7.67. The van der Waals surface area contributed by atoms with Crippen LogP contribution < -0.4 is 5.32 Å². The van der Waals surface area contributed by atoms with Crippen molar-refractivity contribution < 1.29 is 4.79 Å². The lowest BCUT2D eigenvalue weighted by Crippen LogP contribution is -2.44. The van der Waals surface area contributed by atoms with E-state index in [4.69, 9.17) is 0 Å². The van der Waals surface area contributed by atoms with Crippen molar-refractivity contribution in [2.75, 3.05) is 19.6 Å². The summed E-state index contributed by atoms with van der Waals surface area (Å²) in [6.07, 6.45) is 7.42. The maximum atomic E-state index is 12.9. The Morgan fingerprint density at radius 1 is 1.16 bits per heavy atom. The molecule has 1 N–H and O–H groups in total. The molecule has 2 aliphatic heterocycles. The molecule has 3 atom stereocenters. The Labute approximate surface area is 117 Å². The van der Waals surface area contributed by atoms with Crippen LogP contribution in [0, 0.1) is 17.3 Å². The monoisotopic (exact) mass is 264 g/mol. The maximum absolute atomic E-state index is 12.9. The van der Waals surface area contributed by atoms with Crippen LogP contribution in [0.5, 0.6) is 0 Å². The molecule has 0 bridgehead atoms. The standard InChI is InChI=1S/C16H28N2O/c1-16(2)8-4-3-7-13(16)15(19)18-10-12-6-5-9-17-14(12)11-18/h12-14,17H,3-11H2,1-2H3. The van der Waals surface area contributed by atoms with E-state index < -0.39 is 0 Å². The number of carbonyl (C=O) groups excluding carboxylic acids is 1. The summed E-state index contributed by atoms with van der Waals surface area (Å²) in [6, 6.07) is 0.574. The fourth-order valence-electron chi connectivity index (χ4n) is 4.40. The van der Waals surface area contributed by atoms with Gasteiger partial charge in [0, 0.05) is 25.0 Å². The summed E-state index contributed by atoms with van der Waals surface area (Å²) in [4.78, 5) is 15.0. The summed E-state index contributed by atoms with van der Waals surface area (Å²) in [7, 11) is 0. The van der Waals surface area contributed by atoms with Gasteiger partial charge in [0.05, 0.1) is 0 Å². The summed E-state index contributed by atoms with van der Waals surface area (Å²) in [5, 5.41) is 3.60. The molecule has 0 spiro atoms. The summed E-state index contributed by atoms with van der Waals surface area (Å²) >= 11 is 0. The Balaban J connectivity index is 1.67. The molecule has 3 aliphatic rings. The average Bonchev–Trinajstić information content (AvgIpc) is 2.81. The zero-order valence-electron chi connectivity index (χ0n) is 12.5. The maximum Gasteiger partial charge on any atom is 0.226 e. The molecule has 19 heavy (non-hydrogen) atoms. The summed E-state index contributed by atoms with van der Waals surface area (Å²) in [5.41, 5.74) is 0.205. The first kappa shape index (κ1) is 13.4. The van der Waals surface area contributed by atoms with E-state index in [9.17, 15) is 4.79 Å². The van der Waals surface area contributed by atoms with E-state index in [1.165, 1.54) is 32.1 Å². The van der Waals surface area contributed by atoms with Crippen molar-refractivity contribution in [3.63, 3.8) is 0 Å². The normalized spacial score (nSPS) is 38.0. The number of hydrogen-bond donors (Lipinski definition) is 1. The lowest BCUT2D eigenvalue weighted by atomic mass is 9.68. The van der Waals surface area contributed by atoms with Gasteiger partial charge in [-0.3, -0.25) is 4.79 Å². The molecule has 3 rings (SSSR count). The first-order chi connectivity index (χ1) is 9.08. The van der Waals surface area contributed by atoms with Crippen LogP contribution in [0.25, 0.3) is 0 Å². The number of nitrogens with zero attached hydrogens (tertiary/aromatic N) is 1. The molecule has 0 aromatic rings. The van der Waals surface area contributed by atoms with Gasteiger partial charge in [-0.2, -0.15) is 0 Å². The van der Waals surface area contributed by atoms with Crippen LogP contribution in [-0.2, 0) is 4.79 Å². The van der Waals surface area contributed by atoms with Gasteiger partial charge in [-0.05, 0) is 43.6 Å². The number of hydrogen-bond acceptors (Lipinski definition) is 2. The smallest absolute Gasteiger partial charge is 0.226 e. The summed E-state index contributed by atoms with van der Waals surface area (Å²) in [5.74, 6) is 1.42. The number of likely N-dealkylation sites (tertiary alicyclic amines) is 1. The van der Waals surface area contributed by atoms with Crippen LogP contribution in [0.3, 0.4) is 0 Å². The minimum Gasteiger partial charge on any atom is -0.341 e. The second kappa shape index (κ2) is 5.08. The third-order valence-electron chi connectivity index (χ3n) is 5.72. The van der Waals surface area contributed by atoms with Gasteiger partial charge in [0.25, 0.3) is 0 Å². The minimum atomic E-state index is 0.205. The molecule has 2 heterocycles. The molecule has 3 fully saturated rings. The zero-order valence-corrected chi connectivity index (χ0v) is 12.5. The average molecular weight is 264 g/mol. The first-order valence-corrected chi connectivity index (χ1v) is 8.10. The molecular formula is C16H28N2O. The number of amides is 1. The number of nitrogens with one attached hydrogen (secondary N) is 1. The Morgan fingerprint density at radius 2 is 2.00 bits per heavy atom. The Hall–Kier alpha value is -0.570. The fraction of sp³-hybridized carbons (Fsp3) is 0.938. The molecule has 3 heteroatoms. The Bertz CT molecular complexity index is 339. The van der Waals surface area contributed by atoms with Crippen molar-refractivity contribution in [3.8, 4) is 0 Å². The Morgan fingerprint density at radius 3 is 2.74 bits per heavy atom. The SMILES string of the molecule is CC1(C)CCCCC1C(=O)N1CC2CCCNC2C1. The van der Waals surface area contributed by atoms with Gasteiger partial charge in [0.2, 0.25) is 5.91 Å². The molecule has 1 saturated carbocycles. The van der Waals surface area contributed by atoms with E-state index in [-0.39, 0.29) is 11.3 Å². The zero-order chi connectivity index (χ0) is 13.5. The van der Waals surface area contributed by atoms with Crippen LogP contribution >= 0.6 is 0 Å². The second-order valence-electron chi connectivity index (χ2n) is 7.49. The molecular weight excluding hydrogens is 236 g/mol. The van der Waals surface area contributed by atoms with E-state index in [1.807, 2.05) is 0 Å². The third-order valence-corrected chi connectivity index (χ3v) is 5.72. The van der Waals surface area contributed by atoms with Gasteiger partial charge in [0.1, 0.15) is 0 Å². The largest absolute Gasteiger partial charge is 0.341 e. The fourth-order valence-corrected chi connectivity index (χ4v) is 4.40. The number of carbonyl (C=O) groups is 1. The van der Waals surface area contributed by atoms with Crippen LogP contribution in [0.1, 0.15) is 52.4 Å². The summed E-state index contributed by atoms with van der Waals surface area (Å²) < 4.78 is 0. The lowest BCUT2D eigenvalue weighted by molar-refractivity contribution is -0.140. The molecule has 2 saturated heterocycles. The van der Waals surface area contributed by atoms with Crippen LogP contribution in [0.15, 0.2) is 0 Å². The molecule has 1 aliphatic carbocycles. The highest BCUT2D eigenvalue weighted by molar-refractivity contribution is 5.80. The molecule has 0 aromatic carbocycles. The van der Waals surface area contributed by atoms with Crippen molar-refractivity contribution in [2.45, 2.75) is 58.4 Å². The van der Waals surface area contributed by atoms with E-state index in [0.29, 0.717) is 17.9 Å². The van der Waals surface area contributed by atoms with Gasteiger partial charge in [-0.1, -0.05) is 26.7 Å². The van der Waals surface area contributed by atoms with E-state index in [0.717, 1.165) is 26.1 Å². The number of rotatable bonds is 1. The van der Waals surface area contributed by atoms with Gasteiger partial charge in [-0.15, -0.1) is 0 Å². The predicted octanol–water partition coefficient (Wildman–Crippen LogP) is 2.41. The molecule has 0 aromatic heterocycles. The third kappa shape index (κ3) is 2.54. The van der Waals surface area contributed by atoms with Crippen LogP contribution in [-0.4, -0.2) is 36.5 Å². The van der Waals surface area contributed by atoms with Crippen molar-refractivity contribution >= 4 is 5.91 Å². The molecule has 1 amide bonds. The topological polar surface area (TPSA) is 32.3 Å². The number of piperidine rings is 1. The van der Waals surface area contributed by atoms with Crippen molar-refractivity contribution in [1.82, 2.24) is 10.2 Å². The highest BCUT2D eigenvalue weighted by Crippen LogP contribution is 2.42. The van der Waals surface area contributed by atoms with Crippen LogP contribution in [0.4, 0.5) is 0 Å². The van der Waals surface area contributed by atoms with E-state index >= 15 is 0 Å². The lowest BCUT2D eigenvalue weighted by Gasteiger charge is -2.39. The predicted molar refractivity (Wildman–Crippen MR) is 76.8 cm³/mol. The second-order valence-corrected chi connectivity index (χ2v) is 7.49. The first-order valence-electron chi connectivity index (χ1n) is 8.10. The van der Waals surface area contributed by atoms with Crippen LogP contribution in [0.2, 0.25) is 0 Å². The van der Waals surface area contributed by atoms with Gasteiger partial charge in [0.15, 0.2) is 0 Å². The van der Waals surface area contributed by atoms with Crippen molar-refractivity contribution in [1.29, 1.82) is 0 Å². The van der Waals surface area contributed by atoms with Crippen molar-refractivity contribution in [3.05, 3.63) is 0 Å².